The largest absolute Gasteiger partial charge is 0.330 e. The van der Waals surface area contributed by atoms with Gasteiger partial charge in [-0.3, -0.25) is 10.1 Å². The number of aromatic nitrogens is 1. The van der Waals surface area contributed by atoms with E-state index < -0.39 is 17.9 Å². The molecule has 0 saturated heterocycles. The van der Waals surface area contributed by atoms with Crippen molar-refractivity contribution < 1.29 is 13.7 Å². The third-order valence-corrected chi connectivity index (χ3v) is 3.28. The summed E-state index contributed by atoms with van der Waals surface area (Å²) in [4.78, 5) is 10.3. The molecule has 0 unspecified atom stereocenters. The highest BCUT2D eigenvalue weighted by Crippen LogP contribution is 2.29. The van der Waals surface area contributed by atoms with Crippen molar-refractivity contribution in [2.45, 2.75) is 13.0 Å². The van der Waals surface area contributed by atoms with Crippen LogP contribution >= 0.6 is 22.6 Å². The lowest BCUT2D eigenvalue weighted by Crippen LogP contribution is -2.07. The molecule has 17 heavy (non-hydrogen) atoms. The summed E-state index contributed by atoms with van der Waals surface area (Å²) in [6.45, 7) is -0.455. The van der Waals surface area contributed by atoms with Crippen molar-refractivity contribution in [1.82, 2.24) is 4.57 Å². The zero-order valence-corrected chi connectivity index (χ0v) is 10.6. The maximum atomic E-state index is 12.4. The van der Waals surface area contributed by atoms with Gasteiger partial charge >= 0.3 is 0 Å². The minimum atomic E-state index is -2.49. The van der Waals surface area contributed by atoms with E-state index in [0.29, 0.717) is 14.6 Å². The second-order valence-electron chi connectivity index (χ2n) is 3.44. The van der Waals surface area contributed by atoms with Crippen LogP contribution in [0.15, 0.2) is 24.3 Å². The van der Waals surface area contributed by atoms with Gasteiger partial charge in [-0.05, 0) is 34.7 Å². The van der Waals surface area contributed by atoms with Crippen LogP contribution in [0.25, 0.3) is 10.9 Å². The fraction of sp³-hybridized carbons (Fsp3) is 0.200. The first-order chi connectivity index (χ1) is 8.00. The Morgan fingerprint density at radius 3 is 2.76 bits per heavy atom. The van der Waals surface area contributed by atoms with Crippen molar-refractivity contribution in [2.75, 3.05) is 0 Å². The van der Waals surface area contributed by atoms with E-state index in [0.717, 1.165) is 0 Å². The molecule has 90 valence electrons. The molecule has 4 nitrogen and oxygen atoms in total. The first-order valence-corrected chi connectivity index (χ1v) is 5.79. The van der Waals surface area contributed by atoms with Gasteiger partial charge in [-0.15, -0.1) is 0 Å². The average Bonchev–Trinajstić information content (AvgIpc) is 2.54. The molecule has 0 fully saturated rings. The molecule has 0 aliphatic rings. The van der Waals surface area contributed by atoms with E-state index in [2.05, 4.69) is 0 Å². The van der Waals surface area contributed by atoms with Crippen LogP contribution in [0.3, 0.4) is 0 Å². The zero-order chi connectivity index (χ0) is 12.6. The number of nitrogens with zero attached hydrogens (tertiary/aromatic N) is 2. The van der Waals surface area contributed by atoms with Gasteiger partial charge in [0, 0.05) is 6.07 Å². The number of nitro benzene ring substituents is 1. The van der Waals surface area contributed by atoms with E-state index in [4.69, 9.17) is 0 Å². The van der Waals surface area contributed by atoms with E-state index in [-0.39, 0.29) is 5.69 Å². The van der Waals surface area contributed by atoms with Gasteiger partial charge in [-0.2, -0.15) is 0 Å². The number of non-ortho nitro benzene ring substituents is 1. The third-order valence-electron chi connectivity index (χ3n) is 2.39. The van der Waals surface area contributed by atoms with Crippen LogP contribution in [0, 0.1) is 13.8 Å². The predicted molar refractivity (Wildman–Crippen MR) is 67.3 cm³/mol. The molecule has 0 saturated carbocycles. The summed E-state index contributed by atoms with van der Waals surface area (Å²) < 4.78 is 26.8. The second kappa shape index (κ2) is 4.55. The summed E-state index contributed by atoms with van der Waals surface area (Å²) in [7, 11) is 0. The molecule has 0 atom stereocenters. The molecule has 7 heteroatoms. The fourth-order valence-electron chi connectivity index (χ4n) is 1.72. The predicted octanol–water partition coefficient (Wildman–Crippen LogP) is 3.42. The van der Waals surface area contributed by atoms with Crippen molar-refractivity contribution in [3.05, 3.63) is 38.1 Å². The number of nitro groups is 1. The molecule has 0 aliphatic carbocycles. The molecule has 0 spiro atoms. The molecule has 0 bridgehead atoms. The van der Waals surface area contributed by atoms with Crippen LogP contribution in [-0.2, 0) is 6.54 Å². The van der Waals surface area contributed by atoms with Gasteiger partial charge in [-0.25, -0.2) is 8.78 Å². The second-order valence-corrected chi connectivity index (χ2v) is 4.54. The molecule has 0 aliphatic heterocycles. The molecular weight excluding hydrogens is 345 g/mol. The summed E-state index contributed by atoms with van der Waals surface area (Å²) in [5.74, 6) is 0. The molecule has 0 radical (unpaired) electrons. The van der Waals surface area contributed by atoms with E-state index >= 15 is 0 Å². The first-order valence-electron chi connectivity index (χ1n) is 4.71. The van der Waals surface area contributed by atoms with Crippen LogP contribution in [-0.4, -0.2) is 15.9 Å². The van der Waals surface area contributed by atoms with Crippen LogP contribution in [0.4, 0.5) is 14.5 Å². The maximum absolute atomic E-state index is 12.4. The molecule has 2 rings (SSSR count). The van der Waals surface area contributed by atoms with Crippen molar-refractivity contribution >= 4 is 39.2 Å². The molecule has 2 aromatic rings. The molecule has 1 aromatic heterocycles. The summed E-state index contributed by atoms with van der Waals surface area (Å²) in [6.07, 6.45) is -2.49. The Balaban J connectivity index is 2.67. The monoisotopic (exact) mass is 352 g/mol. The number of rotatable bonds is 3. The van der Waals surface area contributed by atoms with E-state index in [9.17, 15) is 18.9 Å². The van der Waals surface area contributed by atoms with Crippen molar-refractivity contribution in [3.63, 3.8) is 0 Å². The Bertz CT molecular complexity index is 583. The number of hydrogen-bond acceptors (Lipinski definition) is 2. The Labute approximate surface area is 109 Å². The molecule has 1 heterocycles. The number of benzene rings is 1. The Morgan fingerprint density at radius 2 is 2.18 bits per heavy atom. The van der Waals surface area contributed by atoms with Crippen molar-refractivity contribution in [3.8, 4) is 0 Å². The highest BCUT2D eigenvalue weighted by molar-refractivity contribution is 14.1. The zero-order valence-electron chi connectivity index (χ0n) is 8.44. The number of hydrogen-bond donors (Lipinski definition) is 0. The lowest BCUT2D eigenvalue weighted by molar-refractivity contribution is -0.383. The van der Waals surface area contributed by atoms with Crippen molar-refractivity contribution in [1.29, 1.82) is 0 Å². The molecule has 1 aromatic carbocycles. The molecule has 0 N–H and O–H groups in total. The highest BCUT2D eigenvalue weighted by atomic mass is 127. The summed E-state index contributed by atoms with van der Waals surface area (Å²) >= 11 is 1.89. The van der Waals surface area contributed by atoms with Gasteiger partial charge in [-0.1, -0.05) is 6.07 Å². The summed E-state index contributed by atoms with van der Waals surface area (Å²) in [5, 5.41) is 11.2. The van der Waals surface area contributed by atoms with E-state index in [1.165, 1.54) is 16.7 Å². The smallest absolute Gasteiger partial charge is 0.278 e. The lowest BCUT2D eigenvalue weighted by Gasteiger charge is -2.05. The Kier molecular flexibility index (Phi) is 3.27. The van der Waals surface area contributed by atoms with Crippen LogP contribution in [0.1, 0.15) is 0 Å². The standard InChI is InChI=1S/C10H7F2IN2O2/c11-9(12)5-14-7-2-1-3-8(15(16)17)6(7)4-10(14)13/h1-4,9H,5H2. The van der Waals surface area contributed by atoms with Gasteiger partial charge < -0.3 is 4.57 Å². The van der Waals surface area contributed by atoms with Crippen LogP contribution in [0.2, 0.25) is 0 Å². The maximum Gasteiger partial charge on any atom is 0.278 e. The number of halogens is 3. The van der Waals surface area contributed by atoms with Gasteiger partial charge in [0.05, 0.1) is 26.1 Å². The lowest BCUT2D eigenvalue weighted by atomic mass is 10.2. The minimum absolute atomic E-state index is 0.0616. The fourth-order valence-corrected chi connectivity index (χ4v) is 2.49. The molecular formula is C10H7F2IN2O2. The SMILES string of the molecule is O=[N+]([O-])c1cccc2c1cc(I)n2CC(F)F. The minimum Gasteiger partial charge on any atom is -0.330 e. The first kappa shape index (κ1) is 12.2. The topological polar surface area (TPSA) is 48.1 Å². The van der Waals surface area contributed by atoms with Crippen LogP contribution < -0.4 is 0 Å². The van der Waals surface area contributed by atoms with Gasteiger partial charge in [0.1, 0.15) is 0 Å². The highest BCUT2D eigenvalue weighted by Gasteiger charge is 2.18. The van der Waals surface area contributed by atoms with Crippen molar-refractivity contribution in [2.24, 2.45) is 0 Å². The van der Waals surface area contributed by atoms with Gasteiger partial charge in [0.2, 0.25) is 0 Å². The summed E-state index contributed by atoms with van der Waals surface area (Å²) in [5.41, 5.74) is 0.400. The van der Waals surface area contributed by atoms with E-state index in [1.807, 2.05) is 22.6 Å². The number of alkyl halides is 2. The Hall–Kier alpha value is -1.25. The van der Waals surface area contributed by atoms with Crippen LogP contribution in [0.5, 0.6) is 0 Å². The van der Waals surface area contributed by atoms with Gasteiger partial charge in [0.15, 0.2) is 0 Å². The quantitative estimate of drug-likeness (QED) is 0.483. The van der Waals surface area contributed by atoms with E-state index in [1.54, 1.807) is 12.1 Å². The number of fused-ring (bicyclic) bond motifs is 1. The normalized spacial score (nSPS) is 11.3. The average molecular weight is 352 g/mol. The summed E-state index contributed by atoms with van der Waals surface area (Å²) in [6, 6.07) is 6.02. The third kappa shape index (κ3) is 2.24. The Morgan fingerprint density at radius 1 is 1.47 bits per heavy atom. The molecule has 0 amide bonds. The van der Waals surface area contributed by atoms with Gasteiger partial charge in [0.25, 0.3) is 12.1 Å².